The van der Waals surface area contributed by atoms with Crippen LogP contribution in [0, 0.1) is 0 Å². The van der Waals surface area contributed by atoms with Crippen molar-refractivity contribution >= 4 is 28.5 Å². The van der Waals surface area contributed by atoms with Crippen LogP contribution in [0.2, 0.25) is 0 Å². The number of carbonyl (C=O) groups excluding carboxylic acids is 2. The number of benzene rings is 2. The van der Waals surface area contributed by atoms with Crippen LogP contribution in [-0.2, 0) is 0 Å². The summed E-state index contributed by atoms with van der Waals surface area (Å²) in [6, 6.07) is 13.8. The molecule has 3 aromatic rings. The minimum absolute atomic E-state index is 0.175. The number of nitrogens with zero attached hydrogens (tertiary/aromatic N) is 2. The number of anilines is 1. The van der Waals surface area contributed by atoms with Crippen LogP contribution in [-0.4, -0.2) is 46.2 Å². The molecule has 7 nitrogen and oxygen atoms in total. The number of aromatic amines is 1. The normalized spacial score (nSPS) is 16.5. The van der Waals surface area contributed by atoms with E-state index in [0.717, 1.165) is 23.9 Å². The number of fused-ring (bicyclic) bond motifs is 1. The molecule has 3 N–H and O–H groups in total. The molecule has 1 fully saturated rings. The van der Waals surface area contributed by atoms with Crippen LogP contribution in [0.5, 0.6) is 0 Å². The van der Waals surface area contributed by atoms with E-state index in [1.54, 1.807) is 36.5 Å². The predicted molar refractivity (Wildman–Crippen MR) is 99.0 cm³/mol. The van der Waals surface area contributed by atoms with Crippen LogP contribution in [0.4, 0.5) is 10.5 Å². The van der Waals surface area contributed by atoms with Crippen molar-refractivity contribution in [3.05, 3.63) is 60.3 Å². The van der Waals surface area contributed by atoms with Crippen molar-refractivity contribution in [2.45, 2.75) is 12.5 Å². The first-order chi connectivity index (χ1) is 12.7. The quantitative estimate of drug-likeness (QED) is 0.678. The topological polar surface area (TPSA) is 90.1 Å². The molecule has 132 valence electrons. The molecule has 7 heteroatoms. The molecular formula is C19H19N5O2. The Balaban J connectivity index is 1.63. The van der Waals surface area contributed by atoms with Crippen molar-refractivity contribution in [3.63, 3.8) is 0 Å². The third-order valence-electron chi connectivity index (χ3n) is 4.55. The van der Waals surface area contributed by atoms with E-state index in [1.807, 2.05) is 18.2 Å². The van der Waals surface area contributed by atoms with Gasteiger partial charge in [-0.15, -0.1) is 0 Å². The van der Waals surface area contributed by atoms with Gasteiger partial charge in [-0.3, -0.25) is 14.8 Å². The van der Waals surface area contributed by atoms with Crippen LogP contribution in [0.3, 0.4) is 0 Å². The van der Waals surface area contributed by atoms with Crippen molar-refractivity contribution in [2.75, 3.05) is 18.4 Å². The highest BCUT2D eigenvalue weighted by Crippen LogP contribution is 2.19. The number of aromatic nitrogens is 2. The molecule has 1 aromatic heterocycles. The molecule has 26 heavy (non-hydrogen) atoms. The van der Waals surface area contributed by atoms with Crippen molar-refractivity contribution in [1.82, 2.24) is 20.4 Å². The fourth-order valence-corrected chi connectivity index (χ4v) is 3.20. The smallest absolute Gasteiger partial charge is 0.315 e. The van der Waals surface area contributed by atoms with Gasteiger partial charge in [0.15, 0.2) is 0 Å². The van der Waals surface area contributed by atoms with Gasteiger partial charge in [-0.05, 0) is 43.3 Å². The number of carbonyl (C=O) groups is 2. The Bertz CT molecular complexity index is 931. The minimum Gasteiger partial charge on any atom is -0.315 e. The van der Waals surface area contributed by atoms with Gasteiger partial charge in [0.05, 0.1) is 17.8 Å². The Morgan fingerprint density at radius 3 is 2.77 bits per heavy atom. The maximum atomic E-state index is 13.1. The molecule has 1 aliphatic rings. The number of hydrogen-bond donors (Lipinski definition) is 3. The van der Waals surface area contributed by atoms with Crippen LogP contribution in [0.1, 0.15) is 16.8 Å². The fraction of sp³-hybridized carbons (Fsp3) is 0.211. The summed E-state index contributed by atoms with van der Waals surface area (Å²) in [5.41, 5.74) is 1.98. The van der Waals surface area contributed by atoms with Gasteiger partial charge >= 0.3 is 6.03 Å². The first kappa shape index (κ1) is 16.3. The summed E-state index contributed by atoms with van der Waals surface area (Å²) in [7, 11) is 0. The van der Waals surface area contributed by atoms with Gasteiger partial charge in [0.2, 0.25) is 0 Å². The van der Waals surface area contributed by atoms with E-state index < -0.39 is 6.03 Å². The lowest BCUT2D eigenvalue weighted by Crippen LogP contribution is -2.47. The number of para-hydroxylation sites is 1. The molecule has 2 heterocycles. The average Bonchev–Trinajstić information content (AvgIpc) is 3.33. The maximum absolute atomic E-state index is 13.1. The number of urea groups is 1. The zero-order valence-corrected chi connectivity index (χ0v) is 14.1. The highest BCUT2D eigenvalue weighted by molar-refractivity contribution is 6.09. The summed E-state index contributed by atoms with van der Waals surface area (Å²) >= 11 is 0. The van der Waals surface area contributed by atoms with Crippen molar-refractivity contribution < 1.29 is 9.59 Å². The van der Waals surface area contributed by atoms with Gasteiger partial charge in [-0.1, -0.05) is 18.2 Å². The zero-order chi connectivity index (χ0) is 17.9. The Kier molecular flexibility index (Phi) is 4.37. The highest BCUT2D eigenvalue weighted by atomic mass is 16.2. The lowest BCUT2D eigenvalue weighted by molar-refractivity contribution is 0.0766. The van der Waals surface area contributed by atoms with Crippen LogP contribution < -0.4 is 10.6 Å². The molecule has 1 unspecified atom stereocenters. The fourth-order valence-electron chi connectivity index (χ4n) is 3.20. The Labute approximate surface area is 150 Å². The SMILES string of the molecule is O=C(Nc1ccccc1)N(C(=O)c1ccc2[nH]ncc2c1)C1CCNC1. The van der Waals surface area contributed by atoms with E-state index in [0.29, 0.717) is 17.8 Å². The van der Waals surface area contributed by atoms with Gasteiger partial charge < -0.3 is 10.6 Å². The second kappa shape index (κ2) is 6.97. The number of rotatable bonds is 3. The largest absolute Gasteiger partial charge is 0.329 e. The van der Waals surface area contributed by atoms with Gasteiger partial charge in [0, 0.05) is 23.2 Å². The van der Waals surface area contributed by atoms with Gasteiger partial charge in [-0.25, -0.2) is 4.79 Å². The second-order valence-electron chi connectivity index (χ2n) is 6.29. The van der Waals surface area contributed by atoms with Crippen molar-refractivity contribution in [3.8, 4) is 0 Å². The van der Waals surface area contributed by atoms with Gasteiger partial charge in [0.1, 0.15) is 0 Å². The second-order valence-corrected chi connectivity index (χ2v) is 6.29. The molecule has 1 saturated heterocycles. The summed E-state index contributed by atoms with van der Waals surface area (Å²) in [5, 5.41) is 13.7. The first-order valence-electron chi connectivity index (χ1n) is 8.56. The van der Waals surface area contributed by atoms with Gasteiger partial charge in [0.25, 0.3) is 5.91 Å². The standard InChI is InChI=1S/C19H19N5O2/c25-18(13-6-7-17-14(10-13)11-21-23-17)24(16-8-9-20-12-16)19(26)22-15-4-2-1-3-5-15/h1-7,10-11,16,20H,8-9,12H2,(H,21,23)(H,22,26). The van der Waals surface area contributed by atoms with Crippen molar-refractivity contribution in [2.24, 2.45) is 0 Å². The number of imide groups is 1. The van der Waals surface area contributed by atoms with Crippen LogP contribution in [0.25, 0.3) is 10.9 Å². The molecule has 0 bridgehead atoms. The Morgan fingerprint density at radius 1 is 1.15 bits per heavy atom. The molecule has 1 aliphatic heterocycles. The zero-order valence-electron chi connectivity index (χ0n) is 14.1. The number of nitrogens with one attached hydrogen (secondary N) is 3. The summed E-state index contributed by atoms with van der Waals surface area (Å²) in [6.45, 7) is 1.38. The molecule has 1 atom stereocenters. The van der Waals surface area contributed by atoms with E-state index in [9.17, 15) is 9.59 Å². The van der Waals surface area contributed by atoms with E-state index in [4.69, 9.17) is 0 Å². The predicted octanol–water partition coefficient (Wildman–Crippen LogP) is 2.60. The van der Waals surface area contributed by atoms with Gasteiger partial charge in [-0.2, -0.15) is 5.10 Å². The lowest BCUT2D eigenvalue weighted by Gasteiger charge is -2.27. The van der Waals surface area contributed by atoms with Crippen LogP contribution >= 0.6 is 0 Å². The minimum atomic E-state index is -0.415. The Morgan fingerprint density at radius 2 is 2.00 bits per heavy atom. The van der Waals surface area contributed by atoms with E-state index >= 15 is 0 Å². The number of H-pyrrole nitrogens is 1. The maximum Gasteiger partial charge on any atom is 0.329 e. The Hall–Kier alpha value is -3.19. The molecule has 4 rings (SSSR count). The summed E-state index contributed by atoms with van der Waals surface area (Å²) in [5.74, 6) is -0.310. The number of hydrogen-bond acceptors (Lipinski definition) is 4. The van der Waals surface area contributed by atoms with E-state index in [1.165, 1.54) is 4.90 Å². The third-order valence-corrected chi connectivity index (χ3v) is 4.55. The van der Waals surface area contributed by atoms with E-state index in [2.05, 4.69) is 20.8 Å². The molecule has 0 radical (unpaired) electrons. The molecule has 0 aliphatic carbocycles. The summed E-state index contributed by atoms with van der Waals surface area (Å²) in [4.78, 5) is 27.3. The third kappa shape index (κ3) is 3.16. The molecule has 3 amide bonds. The molecule has 0 spiro atoms. The van der Waals surface area contributed by atoms with Crippen molar-refractivity contribution in [1.29, 1.82) is 0 Å². The molecular weight excluding hydrogens is 330 g/mol. The number of amides is 3. The first-order valence-corrected chi connectivity index (χ1v) is 8.56. The lowest BCUT2D eigenvalue weighted by atomic mass is 10.1. The highest BCUT2D eigenvalue weighted by Gasteiger charge is 2.32. The monoisotopic (exact) mass is 349 g/mol. The van der Waals surface area contributed by atoms with Crippen LogP contribution in [0.15, 0.2) is 54.7 Å². The molecule has 2 aromatic carbocycles. The average molecular weight is 349 g/mol. The van der Waals surface area contributed by atoms with E-state index in [-0.39, 0.29) is 11.9 Å². The summed E-state index contributed by atoms with van der Waals surface area (Å²) < 4.78 is 0. The molecule has 0 saturated carbocycles. The summed E-state index contributed by atoms with van der Waals surface area (Å²) in [6.07, 6.45) is 2.40.